The van der Waals surface area contributed by atoms with Gasteiger partial charge in [-0.05, 0) is 33.4 Å². The molecule has 0 aromatic heterocycles. The minimum atomic E-state index is -0.401. The van der Waals surface area contributed by atoms with Gasteiger partial charge in [0.05, 0.1) is 0 Å². The fourth-order valence-electron chi connectivity index (χ4n) is 1.78. The molecular weight excluding hydrogens is 236 g/mol. The largest absolute Gasteiger partial charge is 0.444 e. The maximum absolute atomic E-state index is 11.8. The van der Waals surface area contributed by atoms with Crippen LogP contribution in [0.3, 0.4) is 0 Å². The van der Waals surface area contributed by atoms with Gasteiger partial charge in [-0.3, -0.25) is 0 Å². The van der Waals surface area contributed by atoms with Gasteiger partial charge < -0.3 is 15.0 Å². The Hall–Kier alpha value is -0.420. The number of carbonyl (C=O) groups excluding carboxylic acids is 1. The lowest BCUT2D eigenvalue weighted by Crippen LogP contribution is -2.38. The molecule has 1 rings (SSSR count). The normalized spacial score (nSPS) is 20.7. The zero-order valence-electron chi connectivity index (χ0n) is 11.3. The van der Waals surface area contributed by atoms with Crippen molar-refractivity contribution in [2.45, 2.75) is 38.8 Å². The van der Waals surface area contributed by atoms with E-state index < -0.39 is 5.60 Å². The third-order valence-corrected chi connectivity index (χ3v) is 3.19. The predicted molar refractivity (Wildman–Crippen MR) is 72.6 cm³/mol. The lowest BCUT2D eigenvalue weighted by Gasteiger charge is -2.24. The molecule has 1 heterocycles. The number of rotatable bonds is 4. The highest BCUT2D eigenvalue weighted by Gasteiger charge is 2.29. The average Bonchev–Trinajstić information content (AvgIpc) is 2.64. The highest BCUT2D eigenvalue weighted by Crippen LogP contribution is 2.15. The first-order valence-electron chi connectivity index (χ1n) is 6.12. The van der Waals surface area contributed by atoms with Gasteiger partial charge in [0.1, 0.15) is 5.60 Å². The quantitative estimate of drug-likeness (QED) is 0.785. The lowest BCUT2D eigenvalue weighted by molar-refractivity contribution is 0.0291. The van der Waals surface area contributed by atoms with Gasteiger partial charge >= 0.3 is 6.09 Å². The molecule has 0 aliphatic carbocycles. The lowest BCUT2D eigenvalue weighted by atomic mass is 10.2. The first kappa shape index (κ1) is 14.6. The predicted octanol–water partition coefficient (Wildman–Crippen LogP) is 1.95. The first-order valence-corrected chi connectivity index (χ1v) is 7.52. The number of thioether (sulfide) groups is 1. The van der Waals surface area contributed by atoms with Crippen molar-refractivity contribution in [3.05, 3.63) is 0 Å². The van der Waals surface area contributed by atoms with Crippen LogP contribution in [0, 0.1) is 0 Å². The van der Waals surface area contributed by atoms with E-state index in [0.29, 0.717) is 6.04 Å². The van der Waals surface area contributed by atoms with Crippen molar-refractivity contribution in [1.82, 2.24) is 10.2 Å². The van der Waals surface area contributed by atoms with E-state index in [9.17, 15) is 4.79 Å². The van der Waals surface area contributed by atoms with Crippen molar-refractivity contribution in [2.75, 3.05) is 31.6 Å². The number of amides is 1. The van der Waals surface area contributed by atoms with Gasteiger partial charge in [0.2, 0.25) is 0 Å². The summed E-state index contributed by atoms with van der Waals surface area (Å²) < 4.78 is 5.35. The maximum atomic E-state index is 11.8. The molecule has 0 radical (unpaired) electrons. The van der Waals surface area contributed by atoms with Crippen molar-refractivity contribution in [2.24, 2.45) is 0 Å². The molecule has 17 heavy (non-hydrogen) atoms. The number of ether oxygens (including phenoxy) is 1. The zero-order chi connectivity index (χ0) is 12.9. The summed E-state index contributed by atoms with van der Waals surface area (Å²) in [5.74, 6) is 1.11. The number of nitrogens with one attached hydrogen (secondary N) is 1. The second-order valence-electron chi connectivity index (χ2n) is 5.36. The van der Waals surface area contributed by atoms with E-state index in [1.165, 1.54) is 0 Å². The minimum absolute atomic E-state index is 0.188. The highest BCUT2D eigenvalue weighted by molar-refractivity contribution is 7.98. The van der Waals surface area contributed by atoms with Gasteiger partial charge in [0.15, 0.2) is 0 Å². The van der Waals surface area contributed by atoms with Crippen LogP contribution in [-0.2, 0) is 4.74 Å². The fraction of sp³-hybridized carbons (Fsp3) is 0.917. The van der Waals surface area contributed by atoms with E-state index in [1.54, 1.807) is 4.90 Å². The van der Waals surface area contributed by atoms with Gasteiger partial charge in [0.25, 0.3) is 0 Å². The van der Waals surface area contributed by atoms with E-state index in [2.05, 4.69) is 11.6 Å². The van der Waals surface area contributed by atoms with E-state index in [0.717, 1.165) is 31.8 Å². The Morgan fingerprint density at radius 2 is 2.24 bits per heavy atom. The molecule has 0 bridgehead atoms. The van der Waals surface area contributed by atoms with Gasteiger partial charge in [-0.1, -0.05) is 0 Å². The molecular formula is C12H24N2O2S. The van der Waals surface area contributed by atoms with E-state index in [1.807, 2.05) is 32.5 Å². The van der Waals surface area contributed by atoms with Crippen molar-refractivity contribution in [3.63, 3.8) is 0 Å². The Morgan fingerprint density at radius 1 is 1.53 bits per heavy atom. The average molecular weight is 260 g/mol. The van der Waals surface area contributed by atoms with Gasteiger partial charge in [0, 0.05) is 31.4 Å². The highest BCUT2D eigenvalue weighted by atomic mass is 32.2. The minimum Gasteiger partial charge on any atom is -0.444 e. The molecule has 0 aromatic carbocycles. The number of nitrogens with zero attached hydrogens (tertiary/aromatic N) is 1. The molecule has 4 nitrogen and oxygen atoms in total. The summed E-state index contributed by atoms with van der Waals surface area (Å²) >= 11 is 1.83. The molecule has 1 amide bonds. The first-order chi connectivity index (χ1) is 7.92. The number of carbonyl (C=O) groups is 1. The van der Waals surface area contributed by atoms with Crippen LogP contribution in [0.15, 0.2) is 0 Å². The maximum Gasteiger partial charge on any atom is 0.410 e. The van der Waals surface area contributed by atoms with Crippen LogP contribution in [0.1, 0.15) is 27.2 Å². The number of likely N-dealkylation sites (tertiary alicyclic amines) is 1. The smallest absolute Gasteiger partial charge is 0.410 e. The van der Waals surface area contributed by atoms with Crippen LogP contribution in [0.5, 0.6) is 0 Å². The van der Waals surface area contributed by atoms with Crippen LogP contribution >= 0.6 is 11.8 Å². The Labute approximate surface area is 108 Å². The number of hydrogen-bond donors (Lipinski definition) is 1. The SMILES string of the molecule is CSCCNC1CCN(C(=O)OC(C)(C)C)C1. The molecule has 1 unspecified atom stereocenters. The molecule has 1 aliphatic heterocycles. The summed E-state index contributed by atoms with van der Waals surface area (Å²) in [5, 5.41) is 3.46. The van der Waals surface area contributed by atoms with Gasteiger partial charge in [-0.15, -0.1) is 0 Å². The molecule has 1 aliphatic rings. The summed E-state index contributed by atoms with van der Waals surface area (Å²) in [6.07, 6.45) is 2.93. The van der Waals surface area contributed by atoms with Crippen molar-refractivity contribution < 1.29 is 9.53 Å². The monoisotopic (exact) mass is 260 g/mol. The molecule has 1 N–H and O–H groups in total. The molecule has 5 heteroatoms. The second-order valence-corrected chi connectivity index (χ2v) is 6.34. The van der Waals surface area contributed by atoms with Crippen LogP contribution in [0.25, 0.3) is 0 Å². The Balaban J connectivity index is 2.27. The molecule has 0 saturated carbocycles. The summed E-state index contributed by atoms with van der Waals surface area (Å²) in [7, 11) is 0. The standard InChI is InChI=1S/C12H24N2O2S/c1-12(2,3)16-11(15)14-7-5-10(9-14)13-6-8-17-4/h10,13H,5-9H2,1-4H3. The van der Waals surface area contributed by atoms with Gasteiger partial charge in [-0.25, -0.2) is 4.79 Å². The van der Waals surface area contributed by atoms with Crippen LogP contribution < -0.4 is 5.32 Å². The molecule has 0 spiro atoms. The summed E-state index contributed by atoms with van der Waals surface area (Å²) in [6.45, 7) is 8.27. The Morgan fingerprint density at radius 3 is 2.82 bits per heavy atom. The summed E-state index contributed by atoms with van der Waals surface area (Å²) in [5.41, 5.74) is -0.401. The van der Waals surface area contributed by atoms with Crippen molar-refractivity contribution in [1.29, 1.82) is 0 Å². The summed E-state index contributed by atoms with van der Waals surface area (Å²) in [6, 6.07) is 0.426. The van der Waals surface area contributed by atoms with Crippen molar-refractivity contribution >= 4 is 17.9 Å². The van der Waals surface area contributed by atoms with Crippen molar-refractivity contribution in [3.8, 4) is 0 Å². The van der Waals surface area contributed by atoms with Crippen LogP contribution in [0.4, 0.5) is 4.79 Å². The van der Waals surface area contributed by atoms with Crippen LogP contribution in [-0.4, -0.2) is 54.3 Å². The Bertz CT molecular complexity index is 253. The van der Waals surface area contributed by atoms with E-state index in [4.69, 9.17) is 4.74 Å². The van der Waals surface area contributed by atoms with Gasteiger partial charge in [-0.2, -0.15) is 11.8 Å². The molecule has 1 saturated heterocycles. The number of hydrogen-bond acceptors (Lipinski definition) is 4. The fourth-order valence-corrected chi connectivity index (χ4v) is 2.11. The second kappa shape index (κ2) is 6.50. The van der Waals surface area contributed by atoms with Crippen LogP contribution in [0.2, 0.25) is 0 Å². The molecule has 1 atom stereocenters. The Kier molecular flexibility index (Phi) is 5.59. The molecule has 100 valence electrons. The summed E-state index contributed by atoms with van der Waals surface area (Å²) in [4.78, 5) is 13.6. The van der Waals surface area contributed by atoms with E-state index in [-0.39, 0.29) is 6.09 Å². The topological polar surface area (TPSA) is 41.6 Å². The molecule has 1 fully saturated rings. The zero-order valence-corrected chi connectivity index (χ0v) is 12.1. The third kappa shape index (κ3) is 5.64. The third-order valence-electron chi connectivity index (χ3n) is 2.58. The molecule has 0 aromatic rings. The van der Waals surface area contributed by atoms with E-state index >= 15 is 0 Å².